The van der Waals surface area contributed by atoms with Crippen molar-refractivity contribution < 1.29 is 4.79 Å². The fraction of sp³-hybridized carbons (Fsp3) is 0.360. The molecule has 1 saturated heterocycles. The minimum atomic E-state index is -0.0392. The lowest BCUT2D eigenvalue weighted by molar-refractivity contribution is 0.0951. The average molecular weight is 403 g/mol. The Hall–Kier alpha value is -2.92. The molecule has 30 heavy (non-hydrogen) atoms. The van der Waals surface area contributed by atoms with Crippen molar-refractivity contribution >= 4 is 5.91 Å². The lowest BCUT2D eigenvalue weighted by Gasteiger charge is -2.30. The van der Waals surface area contributed by atoms with Crippen LogP contribution < -0.4 is 5.32 Å². The smallest absolute Gasteiger partial charge is 0.251 e. The maximum atomic E-state index is 12.5. The van der Waals surface area contributed by atoms with E-state index >= 15 is 0 Å². The van der Waals surface area contributed by atoms with Gasteiger partial charge in [-0.1, -0.05) is 31.2 Å². The van der Waals surface area contributed by atoms with Crippen LogP contribution in [0.4, 0.5) is 0 Å². The Morgan fingerprint density at radius 1 is 1.10 bits per heavy atom. The summed E-state index contributed by atoms with van der Waals surface area (Å²) in [5.41, 5.74) is 4.11. The van der Waals surface area contributed by atoms with Crippen molar-refractivity contribution in [2.24, 2.45) is 5.92 Å². The Kier molecular flexibility index (Phi) is 6.29. The number of aromatic nitrogens is 2. The molecule has 1 aliphatic heterocycles. The zero-order valence-corrected chi connectivity index (χ0v) is 17.8. The third-order valence-electron chi connectivity index (χ3n) is 5.86. The molecule has 4 rings (SSSR count). The van der Waals surface area contributed by atoms with Gasteiger partial charge >= 0.3 is 0 Å². The number of carbonyl (C=O) groups excluding carboxylic acids is 1. The van der Waals surface area contributed by atoms with Gasteiger partial charge in [0.15, 0.2) is 0 Å². The highest BCUT2D eigenvalue weighted by atomic mass is 16.1. The van der Waals surface area contributed by atoms with E-state index in [1.54, 1.807) is 6.20 Å². The van der Waals surface area contributed by atoms with Gasteiger partial charge in [0.25, 0.3) is 5.91 Å². The van der Waals surface area contributed by atoms with Gasteiger partial charge < -0.3 is 9.88 Å². The third kappa shape index (κ3) is 4.97. The molecule has 0 unspecified atom stereocenters. The molecule has 5 heteroatoms. The quantitative estimate of drug-likeness (QED) is 0.667. The standard InChI is InChI=1S/C25H30N4O/c1-19-4-3-14-28(17-19)18-22-5-9-23(10-6-22)25(30)27-16-21-7-11-24(12-8-21)29-15-13-26-20(29)2/h5-13,15,19H,3-4,14,16-18H2,1-2H3,(H,27,30)/t19-/m0/s1. The fourth-order valence-corrected chi connectivity index (χ4v) is 4.16. The highest BCUT2D eigenvalue weighted by molar-refractivity contribution is 5.94. The summed E-state index contributed by atoms with van der Waals surface area (Å²) in [6, 6.07) is 16.2. The second-order valence-corrected chi connectivity index (χ2v) is 8.37. The van der Waals surface area contributed by atoms with Gasteiger partial charge in [0.1, 0.15) is 5.82 Å². The van der Waals surface area contributed by atoms with Gasteiger partial charge in [-0.25, -0.2) is 4.98 Å². The summed E-state index contributed by atoms with van der Waals surface area (Å²) in [5.74, 6) is 1.69. The highest BCUT2D eigenvalue weighted by Crippen LogP contribution is 2.18. The Bertz CT molecular complexity index is 975. The highest BCUT2D eigenvalue weighted by Gasteiger charge is 2.16. The first-order chi connectivity index (χ1) is 14.6. The summed E-state index contributed by atoms with van der Waals surface area (Å²) in [6.07, 6.45) is 6.36. The van der Waals surface area contributed by atoms with E-state index in [1.165, 1.54) is 31.5 Å². The van der Waals surface area contributed by atoms with E-state index in [-0.39, 0.29) is 5.91 Å². The first-order valence-corrected chi connectivity index (χ1v) is 10.8. The molecule has 0 spiro atoms. The van der Waals surface area contributed by atoms with Crippen molar-refractivity contribution in [3.8, 4) is 5.69 Å². The number of amides is 1. The average Bonchev–Trinajstić information content (AvgIpc) is 3.19. The summed E-state index contributed by atoms with van der Waals surface area (Å²) in [4.78, 5) is 19.3. The molecule has 1 aromatic heterocycles. The Labute approximate surface area is 178 Å². The van der Waals surface area contributed by atoms with E-state index in [9.17, 15) is 4.79 Å². The summed E-state index contributed by atoms with van der Waals surface area (Å²) in [7, 11) is 0. The van der Waals surface area contributed by atoms with E-state index in [0.717, 1.165) is 29.5 Å². The van der Waals surface area contributed by atoms with Crippen molar-refractivity contribution in [1.29, 1.82) is 0 Å². The summed E-state index contributed by atoms with van der Waals surface area (Å²) >= 11 is 0. The molecule has 1 aliphatic rings. The van der Waals surface area contributed by atoms with Crippen molar-refractivity contribution in [3.63, 3.8) is 0 Å². The van der Waals surface area contributed by atoms with Gasteiger partial charge in [-0.2, -0.15) is 0 Å². The maximum absolute atomic E-state index is 12.5. The third-order valence-corrected chi connectivity index (χ3v) is 5.86. The van der Waals surface area contributed by atoms with Gasteiger partial charge in [-0.15, -0.1) is 0 Å². The van der Waals surface area contributed by atoms with Gasteiger partial charge in [-0.05, 0) is 67.6 Å². The van der Waals surface area contributed by atoms with E-state index in [4.69, 9.17) is 0 Å². The van der Waals surface area contributed by atoms with Crippen molar-refractivity contribution in [1.82, 2.24) is 19.8 Å². The monoisotopic (exact) mass is 402 g/mol. The normalized spacial score (nSPS) is 17.1. The van der Waals surface area contributed by atoms with E-state index in [0.29, 0.717) is 12.1 Å². The predicted octanol–water partition coefficient (Wildman–Crippen LogP) is 4.34. The molecule has 5 nitrogen and oxygen atoms in total. The summed E-state index contributed by atoms with van der Waals surface area (Å²) < 4.78 is 2.04. The lowest BCUT2D eigenvalue weighted by atomic mass is 9.99. The Morgan fingerprint density at radius 2 is 1.83 bits per heavy atom. The lowest BCUT2D eigenvalue weighted by Crippen LogP contribution is -2.33. The minimum absolute atomic E-state index is 0.0392. The number of hydrogen-bond acceptors (Lipinski definition) is 3. The van der Waals surface area contributed by atoms with Crippen LogP contribution in [0.3, 0.4) is 0 Å². The van der Waals surface area contributed by atoms with Crippen molar-refractivity contribution in [2.75, 3.05) is 13.1 Å². The van der Waals surface area contributed by atoms with Crippen LogP contribution in [0.25, 0.3) is 5.69 Å². The van der Waals surface area contributed by atoms with Crippen molar-refractivity contribution in [2.45, 2.75) is 39.8 Å². The number of likely N-dealkylation sites (tertiary alicyclic amines) is 1. The zero-order chi connectivity index (χ0) is 20.9. The number of hydrogen-bond donors (Lipinski definition) is 1. The van der Waals surface area contributed by atoms with Crippen LogP contribution in [0.1, 0.15) is 47.1 Å². The van der Waals surface area contributed by atoms with Crippen LogP contribution in [-0.2, 0) is 13.1 Å². The molecule has 1 fully saturated rings. The molecule has 1 amide bonds. The van der Waals surface area contributed by atoms with Crippen LogP contribution in [-0.4, -0.2) is 33.4 Å². The Balaban J connectivity index is 1.30. The fourth-order valence-electron chi connectivity index (χ4n) is 4.16. The molecule has 0 radical (unpaired) electrons. The predicted molar refractivity (Wildman–Crippen MR) is 120 cm³/mol. The van der Waals surface area contributed by atoms with Gasteiger partial charge in [0.05, 0.1) is 0 Å². The number of aryl methyl sites for hydroxylation is 1. The number of imidazole rings is 1. The second kappa shape index (κ2) is 9.26. The number of nitrogens with one attached hydrogen (secondary N) is 1. The number of nitrogens with zero attached hydrogens (tertiary/aromatic N) is 3. The number of benzene rings is 2. The molecule has 2 aromatic carbocycles. The van der Waals surface area contributed by atoms with Gasteiger partial charge in [0.2, 0.25) is 0 Å². The number of rotatable bonds is 6. The largest absolute Gasteiger partial charge is 0.348 e. The van der Waals surface area contributed by atoms with E-state index in [2.05, 4.69) is 34.3 Å². The molecule has 0 bridgehead atoms. The molecule has 3 aromatic rings. The van der Waals surface area contributed by atoms with Crippen LogP contribution in [0.2, 0.25) is 0 Å². The molecule has 2 heterocycles. The first-order valence-electron chi connectivity index (χ1n) is 10.8. The molecule has 0 aliphatic carbocycles. The number of piperidine rings is 1. The van der Waals surface area contributed by atoms with Crippen LogP contribution >= 0.6 is 0 Å². The van der Waals surface area contributed by atoms with Gasteiger partial charge in [-0.3, -0.25) is 9.69 Å². The van der Waals surface area contributed by atoms with Crippen LogP contribution in [0.15, 0.2) is 60.9 Å². The van der Waals surface area contributed by atoms with Crippen LogP contribution in [0.5, 0.6) is 0 Å². The zero-order valence-electron chi connectivity index (χ0n) is 17.8. The Morgan fingerprint density at radius 3 is 2.50 bits per heavy atom. The molecule has 156 valence electrons. The molecule has 1 atom stereocenters. The molecular formula is C25H30N4O. The summed E-state index contributed by atoms with van der Waals surface area (Å²) in [6.45, 7) is 8.12. The van der Waals surface area contributed by atoms with Gasteiger partial charge in [0, 0.05) is 43.3 Å². The van der Waals surface area contributed by atoms with E-state index < -0.39 is 0 Å². The van der Waals surface area contributed by atoms with Crippen LogP contribution in [0, 0.1) is 12.8 Å². The molecular weight excluding hydrogens is 372 g/mol. The SMILES string of the molecule is Cc1nccn1-c1ccc(CNC(=O)c2ccc(CN3CCC[C@H](C)C3)cc2)cc1. The van der Waals surface area contributed by atoms with Crippen molar-refractivity contribution in [3.05, 3.63) is 83.4 Å². The topological polar surface area (TPSA) is 50.2 Å². The van der Waals surface area contributed by atoms with E-state index in [1.807, 2.05) is 54.1 Å². The summed E-state index contributed by atoms with van der Waals surface area (Å²) in [5, 5.41) is 3.02. The first kappa shape index (κ1) is 20.4. The number of carbonyl (C=O) groups is 1. The maximum Gasteiger partial charge on any atom is 0.251 e. The minimum Gasteiger partial charge on any atom is -0.348 e. The second-order valence-electron chi connectivity index (χ2n) is 8.37. The molecule has 1 N–H and O–H groups in total. The molecule has 0 saturated carbocycles.